The lowest BCUT2D eigenvalue weighted by Gasteiger charge is -2.27. The van der Waals surface area contributed by atoms with Gasteiger partial charge >= 0.3 is 0 Å². The lowest BCUT2D eigenvalue weighted by Crippen LogP contribution is -2.43. The van der Waals surface area contributed by atoms with Gasteiger partial charge in [-0.15, -0.1) is 0 Å². The van der Waals surface area contributed by atoms with Crippen molar-refractivity contribution in [1.29, 1.82) is 0 Å². The van der Waals surface area contributed by atoms with Gasteiger partial charge in [0.05, 0.1) is 0 Å². The van der Waals surface area contributed by atoms with E-state index in [0.717, 1.165) is 6.42 Å². The van der Waals surface area contributed by atoms with Crippen LogP contribution in [-0.4, -0.2) is 17.9 Å². The van der Waals surface area contributed by atoms with Gasteiger partial charge in [0.2, 0.25) is 6.29 Å². The molecule has 0 aromatic heterocycles. The van der Waals surface area contributed by atoms with E-state index in [-0.39, 0.29) is 23.9 Å². The molecule has 0 aromatic rings. The Morgan fingerprint density at radius 2 is 1.48 bits per heavy atom. The fourth-order valence-electron chi connectivity index (χ4n) is 2.46. The minimum absolute atomic E-state index is 0.242. The summed E-state index contributed by atoms with van der Waals surface area (Å²) < 4.78 is 0. The summed E-state index contributed by atoms with van der Waals surface area (Å²) in [5.41, 5.74) is -1.53. The Labute approximate surface area is 129 Å². The minimum atomic E-state index is -1.53. The van der Waals surface area contributed by atoms with Crippen LogP contribution >= 0.6 is 0 Å². The maximum atomic E-state index is 12.5. The number of rotatable bonds is 11. The monoisotopic (exact) mass is 295 g/mol. The maximum Gasteiger partial charge on any atom is 0.220 e. The molecular weight excluding hydrogens is 264 g/mol. The van der Waals surface area contributed by atoms with Gasteiger partial charge in [-0.3, -0.25) is 14.4 Å². The molecule has 0 aliphatic heterocycles. The molecule has 0 bridgehead atoms. The molecule has 1 radical (unpaired) electrons. The first-order valence-corrected chi connectivity index (χ1v) is 8.14. The molecule has 1 unspecified atom stereocenters. The predicted molar refractivity (Wildman–Crippen MR) is 85.7 cm³/mol. The van der Waals surface area contributed by atoms with Gasteiger partial charge in [-0.25, -0.2) is 0 Å². The number of carbonyl (C=O) groups excluding carboxylic acids is 3. The Balaban J connectivity index is 5.16. The van der Waals surface area contributed by atoms with Crippen molar-refractivity contribution in [3.8, 4) is 0 Å². The van der Waals surface area contributed by atoms with E-state index in [1.54, 1.807) is 13.8 Å². The first-order valence-electron chi connectivity index (χ1n) is 8.14. The minimum Gasteiger partial charge on any atom is -0.298 e. The van der Waals surface area contributed by atoms with Crippen molar-refractivity contribution >= 4 is 17.9 Å². The Hall–Kier alpha value is -0.990. The lowest BCUT2D eigenvalue weighted by molar-refractivity contribution is -0.139. The number of Topliss-reactive ketones (excluding diaryl/α,β-unsaturated/α-hetero) is 2. The molecule has 0 aliphatic carbocycles. The Morgan fingerprint density at radius 1 is 0.952 bits per heavy atom. The number of carbonyl (C=O) groups is 2. The molecule has 121 valence electrons. The topological polar surface area (TPSA) is 51.2 Å². The van der Waals surface area contributed by atoms with Gasteiger partial charge in [-0.05, 0) is 24.7 Å². The van der Waals surface area contributed by atoms with Gasteiger partial charge < -0.3 is 0 Å². The highest BCUT2D eigenvalue weighted by molar-refractivity contribution is 6.19. The smallest absolute Gasteiger partial charge is 0.220 e. The highest BCUT2D eigenvalue weighted by Crippen LogP contribution is 2.31. The summed E-state index contributed by atoms with van der Waals surface area (Å²) in [6, 6.07) is 0. The Kier molecular flexibility index (Phi) is 8.68. The molecule has 1 atom stereocenters. The summed E-state index contributed by atoms with van der Waals surface area (Å²) in [5, 5.41) is 0. The first kappa shape index (κ1) is 20.0. The van der Waals surface area contributed by atoms with Gasteiger partial charge in [0.15, 0.2) is 17.0 Å². The fourth-order valence-corrected chi connectivity index (χ4v) is 2.46. The van der Waals surface area contributed by atoms with Gasteiger partial charge in [-0.1, -0.05) is 54.4 Å². The van der Waals surface area contributed by atoms with Crippen molar-refractivity contribution in [2.75, 3.05) is 0 Å². The van der Waals surface area contributed by atoms with E-state index in [4.69, 9.17) is 0 Å². The zero-order valence-electron chi connectivity index (χ0n) is 14.5. The van der Waals surface area contributed by atoms with Crippen LogP contribution < -0.4 is 0 Å². The van der Waals surface area contributed by atoms with Crippen molar-refractivity contribution in [3.63, 3.8) is 0 Å². The molecule has 3 nitrogen and oxygen atoms in total. The van der Waals surface area contributed by atoms with Gasteiger partial charge in [0.1, 0.15) is 0 Å². The predicted octanol–water partition coefficient (Wildman–Crippen LogP) is 4.14. The first-order chi connectivity index (χ1) is 9.67. The summed E-state index contributed by atoms with van der Waals surface area (Å²) >= 11 is 0. The molecule has 0 aromatic carbocycles. The summed E-state index contributed by atoms with van der Waals surface area (Å²) in [4.78, 5) is 36.6. The van der Waals surface area contributed by atoms with Crippen LogP contribution in [0.2, 0.25) is 0 Å². The molecule has 0 N–H and O–H groups in total. The van der Waals surface area contributed by atoms with E-state index in [1.165, 1.54) is 0 Å². The number of hydrogen-bond donors (Lipinski definition) is 0. The number of hydrogen-bond acceptors (Lipinski definition) is 3. The highest BCUT2D eigenvalue weighted by Gasteiger charge is 2.46. The molecule has 0 amide bonds. The third-order valence-corrected chi connectivity index (χ3v) is 3.88. The van der Waals surface area contributed by atoms with E-state index >= 15 is 0 Å². The largest absolute Gasteiger partial charge is 0.298 e. The summed E-state index contributed by atoms with van der Waals surface area (Å²) in [6.45, 7) is 11.7. The molecule has 0 aliphatic rings. The third-order valence-electron chi connectivity index (χ3n) is 3.88. The Morgan fingerprint density at radius 3 is 1.86 bits per heavy atom. The van der Waals surface area contributed by atoms with Crippen molar-refractivity contribution in [3.05, 3.63) is 0 Å². The molecule has 0 saturated heterocycles. The van der Waals surface area contributed by atoms with E-state index in [2.05, 4.69) is 13.8 Å². The summed E-state index contributed by atoms with van der Waals surface area (Å²) in [6.07, 6.45) is 4.76. The van der Waals surface area contributed by atoms with Crippen LogP contribution in [0.25, 0.3) is 0 Å². The standard InChI is InChI=1S/C18H31O3/c1-13(2)8-7-11-18(12-19,17(21)15(5)6)16(20)10-9-14(3)4/h13-15H,7-11H2,1-6H3. The zero-order valence-corrected chi connectivity index (χ0v) is 14.5. The third kappa shape index (κ3) is 6.11. The van der Waals surface area contributed by atoms with E-state index in [1.807, 2.05) is 20.1 Å². The quantitative estimate of drug-likeness (QED) is 0.538. The van der Waals surface area contributed by atoms with Crippen molar-refractivity contribution < 1.29 is 14.4 Å². The second-order valence-corrected chi connectivity index (χ2v) is 7.17. The molecule has 0 rings (SSSR count). The molecule has 3 heteroatoms. The molecule has 21 heavy (non-hydrogen) atoms. The van der Waals surface area contributed by atoms with Crippen molar-refractivity contribution in [2.24, 2.45) is 23.2 Å². The van der Waals surface area contributed by atoms with E-state index in [9.17, 15) is 14.4 Å². The maximum absolute atomic E-state index is 12.5. The second-order valence-electron chi connectivity index (χ2n) is 7.17. The van der Waals surface area contributed by atoms with Crippen molar-refractivity contribution in [2.45, 2.75) is 73.6 Å². The fraction of sp³-hybridized carbons (Fsp3) is 0.833. The van der Waals surface area contributed by atoms with Crippen LogP contribution in [0.3, 0.4) is 0 Å². The van der Waals surface area contributed by atoms with E-state index in [0.29, 0.717) is 31.1 Å². The van der Waals surface area contributed by atoms with Gasteiger partial charge in [-0.2, -0.15) is 0 Å². The molecule has 0 heterocycles. The second kappa shape index (κ2) is 9.11. The Bertz CT molecular complexity index is 355. The molecular formula is C18H31O3. The van der Waals surface area contributed by atoms with Crippen LogP contribution in [0, 0.1) is 23.2 Å². The van der Waals surface area contributed by atoms with Crippen LogP contribution in [0.1, 0.15) is 73.6 Å². The normalized spacial score (nSPS) is 14.5. The lowest BCUT2D eigenvalue weighted by atomic mass is 9.71. The van der Waals surface area contributed by atoms with Crippen LogP contribution in [0.15, 0.2) is 0 Å². The highest BCUT2D eigenvalue weighted by atomic mass is 16.2. The average molecular weight is 295 g/mol. The summed E-state index contributed by atoms with van der Waals surface area (Å²) in [7, 11) is 0. The van der Waals surface area contributed by atoms with Crippen molar-refractivity contribution in [1.82, 2.24) is 0 Å². The van der Waals surface area contributed by atoms with Crippen LogP contribution in [0.4, 0.5) is 0 Å². The SMILES string of the molecule is CC(C)CCCC([C]=O)(C(=O)CCC(C)C)C(=O)C(C)C. The molecule has 0 saturated carbocycles. The zero-order chi connectivity index (χ0) is 16.6. The summed E-state index contributed by atoms with van der Waals surface area (Å²) in [5.74, 6) is 0.0366. The van der Waals surface area contributed by atoms with Gasteiger partial charge in [0, 0.05) is 12.3 Å². The van der Waals surface area contributed by atoms with Gasteiger partial charge in [0.25, 0.3) is 0 Å². The van der Waals surface area contributed by atoms with Crippen LogP contribution in [0.5, 0.6) is 0 Å². The average Bonchev–Trinajstić information content (AvgIpc) is 2.40. The molecule has 0 spiro atoms. The number of ketones is 2. The molecule has 0 fully saturated rings. The van der Waals surface area contributed by atoms with Crippen LogP contribution in [-0.2, 0) is 14.4 Å². The van der Waals surface area contributed by atoms with E-state index < -0.39 is 5.41 Å².